The summed E-state index contributed by atoms with van der Waals surface area (Å²) in [5.74, 6) is 0. The van der Waals surface area contributed by atoms with Crippen LogP contribution in [0.2, 0.25) is 0 Å². The van der Waals surface area contributed by atoms with Gasteiger partial charge in [0.2, 0.25) is 0 Å². The third-order valence-electron chi connectivity index (χ3n) is 1.90. The van der Waals surface area contributed by atoms with E-state index >= 15 is 0 Å². The summed E-state index contributed by atoms with van der Waals surface area (Å²) in [5.41, 5.74) is 2.18. The molecule has 0 saturated carbocycles. The summed E-state index contributed by atoms with van der Waals surface area (Å²) in [7, 11) is 0. The Morgan fingerprint density at radius 1 is 0.857 bits per heavy atom. The van der Waals surface area contributed by atoms with Gasteiger partial charge in [0, 0.05) is 6.21 Å². The van der Waals surface area contributed by atoms with Crippen LogP contribution in [-0.2, 0) is 0 Å². The van der Waals surface area contributed by atoms with E-state index in [4.69, 9.17) is 0 Å². The molecule has 0 fully saturated rings. The maximum atomic E-state index is 4.39. The van der Waals surface area contributed by atoms with Crippen molar-refractivity contribution in [2.45, 2.75) is 41.5 Å². The Bertz CT molecular complexity index is 377. The smallest absolute Gasteiger partial charge is 0.0639 e. The van der Waals surface area contributed by atoms with Gasteiger partial charge in [-0.2, -0.15) is 0 Å². The van der Waals surface area contributed by atoms with Gasteiger partial charge in [0.25, 0.3) is 0 Å². The molecule has 0 unspecified atom stereocenters. The van der Waals surface area contributed by atoms with E-state index in [9.17, 15) is 0 Å². The molecule has 0 radical (unpaired) electrons. The molecule has 0 saturated heterocycles. The number of hydrogen-bond donors (Lipinski definition) is 0. The zero-order chi connectivity index (χ0) is 16.9. The lowest BCUT2D eigenvalue weighted by molar-refractivity contribution is 1.19. The van der Waals surface area contributed by atoms with Crippen LogP contribution in [0, 0.1) is 0 Å². The molecule has 0 heterocycles. The molecular weight excluding hydrogens is 254 g/mol. The molecule has 0 atom stereocenters. The van der Waals surface area contributed by atoms with E-state index in [1.54, 1.807) is 12.2 Å². The zero-order valence-corrected chi connectivity index (χ0v) is 14.8. The van der Waals surface area contributed by atoms with E-state index in [1.807, 2.05) is 84.2 Å². The minimum absolute atomic E-state index is 0.655. The molecule has 0 amide bonds. The summed E-state index contributed by atoms with van der Waals surface area (Å²) >= 11 is 0. The lowest BCUT2D eigenvalue weighted by atomic mass is 10.2. The number of nitrogens with zero attached hydrogens (tertiary/aromatic N) is 1. The molecule has 0 aromatic carbocycles. The molecule has 21 heavy (non-hydrogen) atoms. The van der Waals surface area contributed by atoms with Crippen LogP contribution in [0.4, 0.5) is 0 Å². The molecule has 0 bridgehead atoms. The molecule has 1 heteroatoms. The highest BCUT2D eigenvalue weighted by molar-refractivity contribution is 5.82. The van der Waals surface area contributed by atoms with E-state index in [1.165, 1.54) is 0 Å². The standard InChI is InChI=1S/C16H21N.2C2H6/c1-5-9-15(10-6-2)13-17-14-16(11-7-3)12-8-4;2*1-2/h5-13H,1,3,14H2,2,4H3;2*1-2H3/b10-6-,12-8-,15-9+,16-11+,17-13?;;. The minimum Gasteiger partial charge on any atom is -0.288 e. The Hall–Kier alpha value is -1.89. The summed E-state index contributed by atoms with van der Waals surface area (Å²) in [4.78, 5) is 4.39. The van der Waals surface area contributed by atoms with Crippen LogP contribution in [0.5, 0.6) is 0 Å². The van der Waals surface area contributed by atoms with Crippen molar-refractivity contribution < 1.29 is 0 Å². The Morgan fingerprint density at radius 3 is 1.81 bits per heavy atom. The van der Waals surface area contributed by atoms with Crippen molar-refractivity contribution in [1.29, 1.82) is 0 Å². The summed E-state index contributed by atoms with van der Waals surface area (Å²) in [6.07, 6.45) is 17.3. The third kappa shape index (κ3) is 18.1. The molecule has 0 aromatic heterocycles. The van der Waals surface area contributed by atoms with Crippen LogP contribution in [0.25, 0.3) is 0 Å². The lowest BCUT2D eigenvalue weighted by Crippen LogP contribution is -1.87. The monoisotopic (exact) mass is 287 g/mol. The van der Waals surface area contributed by atoms with Gasteiger partial charge in [0.05, 0.1) is 6.54 Å². The van der Waals surface area contributed by atoms with Crippen LogP contribution in [0.15, 0.2) is 77.9 Å². The van der Waals surface area contributed by atoms with Gasteiger partial charge < -0.3 is 0 Å². The summed E-state index contributed by atoms with van der Waals surface area (Å²) in [6, 6.07) is 0. The first-order valence-corrected chi connectivity index (χ1v) is 7.68. The van der Waals surface area contributed by atoms with Gasteiger partial charge in [0.15, 0.2) is 0 Å². The number of hydrogen-bond acceptors (Lipinski definition) is 1. The average Bonchev–Trinajstić information content (AvgIpc) is 2.52. The van der Waals surface area contributed by atoms with Gasteiger partial charge in [-0.15, -0.1) is 0 Å². The Kier molecular flexibility index (Phi) is 26.7. The second-order valence-corrected chi connectivity index (χ2v) is 3.35. The largest absolute Gasteiger partial charge is 0.288 e. The second-order valence-electron chi connectivity index (χ2n) is 3.35. The van der Waals surface area contributed by atoms with Crippen LogP contribution in [0.1, 0.15) is 41.5 Å². The van der Waals surface area contributed by atoms with Crippen molar-refractivity contribution in [3.63, 3.8) is 0 Å². The lowest BCUT2D eigenvalue weighted by Gasteiger charge is -1.96. The maximum absolute atomic E-state index is 4.39. The molecule has 118 valence electrons. The average molecular weight is 287 g/mol. The molecule has 0 N–H and O–H groups in total. The predicted octanol–water partition coefficient (Wildman–Crippen LogP) is 6.49. The van der Waals surface area contributed by atoms with Crippen molar-refractivity contribution >= 4 is 6.21 Å². The van der Waals surface area contributed by atoms with E-state index in [2.05, 4.69) is 18.2 Å². The van der Waals surface area contributed by atoms with E-state index in [-0.39, 0.29) is 0 Å². The van der Waals surface area contributed by atoms with Crippen LogP contribution < -0.4 is 0 Å². The van der Waals surface area contributed by atoms with Crippen LogP contribution in [0.3, 0.4) is 0 Å². The first-order valence-electron chi connectivity index (χ1n) is 7.68. The SMILES string of the molecule is C=C/C=C(C=NCC(/C=C\C)=C/C=C)\C=C/C.CC.CC. The first-order chi connectivity index (χ1) is 10.3. The van der Waals surface area contributed by atoms with Crippen LogP contribution in [-0.4, -0.2) is 12.8 Å². The fourth-order valence-electron chi connectivity index (χ4n) is 1.25. The highest BCUT2D eigenvalue weighted by atomic mass is 14.7. The topological polar surface area (TPSA) is 12.4 Å². The number of rotatable bonds is 7. The molecule has 0 aliphatic rings. The quantitative estimate of drug-likeness (QED) is 0.375. The summed E-state index contributed by atoms with van der Waals surface area (Å²) in [6.45, 7) is 20.0. The minimum atomic E-state index is 0.655. The Balaban J connectivity index is -0.000000739. The third-order valence-corrected chi connectivity index (χ3v) is 1.90. The molecular formula is C20H33N. The molecule has 1 nitrogen and oxygen atoms in total. The van der Waals surface area contributed by atoms with Gasteiger partial charge in [-0.25, -0.2) is 0 Å². The van der Waals surface area contributed by atoms with Crippen molar-refractivity contribution in [3.8, 4) is 0 Å². The summed E-state index contributed by atoms with van der Waals surface area (Å²) < 4.78 is 0. The van der Waals surface area contributed by atoms with Crippen molar-refractivity contribution in [1.82, 2.24) is 0 Å². The maximum Gasteiger partial charge on any atom is 0.0639 e. The number of allylic oxidation sites excluding steroid dienone is 8. The Labute approximate surface area is 132 Å². The molecule has 0 spiro atoms. The van der Waals surface area contributed by atoms with E-state index in [0.29, 0.717) is 6.54 Å². The zero-order valence-electron chi connectivity index (χ0n) is 14.8. The fraction of sp³-hybridized carbons (Fsp3) is 0.350. The highest BCUT2D eigenvalue weighted by Gasteiger charge is 1.88. The molecule has 0 rings (SSSR count). The van der Waals surface area contributed by atoms with E-state index in [0.717, 1.165) is 11.1 Å². The van der Waals surface area contributed by atoms with Crippen molar-refractivity contribution in [2.24, 2.45) is 4.99 Å². The van der Waals surface area contributed by atoms with Gasteiger partial charge in [-0.3, -0.25) is 4.99 Å². The van der Waals surface area contributed by atoms with Crippen molar-refractivity contribution in [2.75, 3.05) is 6.54 Å². The van der Waals surface area contributed by atoms with Gasteiger partial charge in [-0.05, 0) is 25.0 Å². The normalized spacial score (nSPS) is 11.9. The van der Waals surface area contributed by atoms with Gasteiger partial charge in [0.1, 0.15) is 0 Å². The van der Waals surface area contributed by atoms with Crippen LogP contribution >= 0.6 is 0 Å². The Morgan fingerprint density at radius 2 is 1.38 bits per heavy atom. The highest BCUT2D eigenvalue weighted by Crippen LogP contribution is 2.00. The second kappa shape index (κ2) is 23.2. The predicted molar refractivity (Wildman–Crippen MR) is 102 cm³/mol. The summed E-state index contributed by atoms with van der Waals surface area (Å²) in [5, 5.41) is 0. The van der Waals surface area contributed by atoms with Gasteiger partial charge in [-0.1, -0.05) is 89.5 Å². The fourth-order valence-corrected chi connectivity index (χ4v) is 1.25. The first kappa shape index (κ1) is 24.1. The van der Waals surface area contributed by atoms with Crippen molar-refractivity contribution in [3.05, 3.63) is 72.9 Å². The van der Waals surface area contributed by atoms with E-state index < -0.39 is 0 Å². The molecule has 0 aromatic rings. The number of aliphatic imine (C=N–C) groups is 1. The molecule has 0 aliphatic carbocycles. The molecule has 0 aliphatic heterocycles. The van der Waals surface area contributed by atoms with Gasteiger partial charge >= 0.3 is 0 Å².